The lowest BCUT2D eigenvalue weighted by Gasteiger charge is -2.13. The molecule has 1 aromatic carbocycles. The quantitative estimate of drug-likeness (QED) is 0.887. The molecule has 7 heteroatoms. The molecule has 0 aliphatic rings. The Labute approximate surface area is 141 Å². The maximum absolute atomic E-state index is 11.9. The maximum Gasteiger partial charge on any atom is 0.266 e. The Morgan fingerprint density at radius 2 is 2.04 bits per heavy atom. The third-order valence-corrected chi connectivity index (χ3v) is 3.69. The Kier molecular flexibility index (Phi) is 5.05. The van der Waals surface area contributed by atoms with Crippen LogP contribution in [-0.4, -0.2) is 18.7 Å². The van der Waals surface area contributed by atoms with Crippen molar-refractivity contribution >= 4 is 15.9 Å². The predicted molar refractivity (Wildman–Crippen MR) is 87.3 cm³/mol. The summed E-state index contributed by atoms with van der Waals surface area (Å²) >= 11 is 3.37. The van der Waals surface area contributed by atoms with Crippen molar-refractivity contribution in [3.63, 3.8) is 0 Å². The molecule has 2 rings (SSSR count). The van der Waals surface area contributed by atoms with Gasteiger partial charge >= 0.3 is 0 Å². The fraction of sp³-hybridized carbons (Fsp3) is 0.188. The van der Waals surface area contributed by atoms with Crippen molar-refractivity contribution < 1.29 is 9.47 Å². The van der Waals surface area contributed by atoms with Crippen LogP contribution in [0, 0.1) is 29.6 Å². The average molecular weight is 374 g/mol. The van der Waals surface area contributed by atoms with Crippen molar-refractivity contribution in [2.75, 3.05) is 13.7 Å². The summed E-state index contributed by atoms with van der Waals surface area (Å²) in [5.74, 6) is 0.782. The first-order valence-corrected chi connectivity index (χ1v) is 7.32. The molecule has 1 aromatic heterocycles. The number of aromatic amines is 1. The molecule has 0 spiro atoms. The van der Waals surface area contributed by atoms with E-state index in [-0.39, 0.29) is 12.2 Å². The standard InChI is InChI=1S/C16H12BrN3O3/c1-9-5-11(12(8-19)16(21)20-9)10-6-13(17)15(23-4-3-18)14(7-10)22-2/h5-7H,4H2,1-2H3,(H,20,21). The van der Waals surface area contributed by atoms with Crippen LogP contribution in [-0.2, 0) is 0 Å². The summed E-state index contributed by atoms with van der Waals surface area (Å²) in [6.07, 6.45) is 0. The smallest absolute Gasteiger partial charge is 0.266 e. The van der Waals surface area contributed by atoms with E-state index in [0.717, 1.165) is 0 Å². The molecule has 0 aliphatic carbocycles. The molecule has 0 unspecified atom stereocenters. The van der Waals surface area contributed by atoms with Gasteiger partial charge in [0.1, 0.15) is 17.7 Å². The lowest BCUT2D eigenvalue weighted by Crippen LogP contribution is -2.12. The van der Waals surface area contributed by atoms with Gasteiger partial charge in [0, 0.05) is 11.3 Å². The molecule has 2 aromatic rings. The van der Waals surface area contributed by atoms with Crippen molar-refractivity contribution in [2.45, 2.75) is 6.92 Å². The number of aryl methyl sites for hydroxylation is 1. The number of aromatic nitrogens is 1. The van der Waals surface area contributed by atoms with E-state index >= 15 is 0 Å². The van der Waals surface area contributed by atoms with Gasteiger partial charge in [0.05, 0.1) is 11.6 Å². The second-order valence-corrected chi connectivity index (χ2v) is 5.47. The summed E-state index contributed by atoms with van der Waals surface area (Å²) in [5.41, 5.74) is 1.35. The summed E-state index contributed by atoms with van der Waals surface area (Å²) in [7, 11) is 1.47. The van der Waals surface area contributed by atoms with E-state index in [4.69, 9.17) is 14.7 Å². The van der Waals surface area contributed by atoms with E-state index in [1.54, 1.807) is 25.1 Å². The van der Waals surface area contributed by atoms with Gasteiger partial charge in [-0.3, -0.25) is 4.79 Å². The highest BCUT2D eigenvalue weighted by atomic mass is 79.9. The molecule has 0 saturated carbocycles. The number of hydrogen-bond donors (Lipinski definition) is 1. The molecule has 0 radical (unpaired) electrons. The Hall–Kier alpha value is -2.77. The Morgan fingerprint density at radius 3 is 2.65 bits per heavy atom. The van der Waals surface area contributed by atoms with E-state index < -0.39 is 5.56 Å². The Bertz CT molecular complexity index is 891. The van der Waals surface area contributed by atoms with Crippen molar-refractivity contribution in [2.24, 2.45) is 0 Å². The fourth-order valence-electron chi connectivity index (χ4n) is 2.15. The summed E-state index contributed by atoms with van der Waals surface area (Å²) in [6.45, 7) is 1.62. The van der Waals surface area contributed by atoms with E-state index in [1.807, 2.05) is 12.1 Å². The molecule has 23 heavy (non-hydrogen) atoms. The molecule has 116 valence electrons. The van der Waals surface area contributed by atoms with Gasteiger partial charge in [0.25, 0.3) is 5.56 Å². The van der Waals surface area contributed by atoms with Crippen molar-refractivity contribution in [3.8, 4) is 34.8 Å². The number of halogens is 1. The van der Waals surface area contributed by atoms with Crippen LogP contribution >= 0.6 is 15.9 Å². The van der Waals surface area contributed by atoms with Gasteiger partial charge in [0.15, 0.2) is 18.1 Å². The van der Waals surface area contributed by atoms with Crippen molar-refractivity contribution in [1.82, 2.24) is 4.98 Å². The minimum atomic E-state index is -0.442. The van der Waals surface area contributed by atoms with Crippen LogP contribution in [0.2, 0.25) is 0 Å². The predicted octanol–water partition coefficient (Wildman–Crippen LogP) is 2.90. The number of nitrogens with one attached hydrogen (secondary N) is 1. The van der Waals surface area contributed by atoms with Crippen molar-refractivity contribution in [3.05, 3.63) is 44.3 Å². The SMILES string of the molecule is COc1cc(-c2cc(C)[nH]c(=O)c2C#N)cc(Br)c1OCC#N. The third-order valence-electron chi connectivity index (χ3n) is 3.10. The molecule has 6 nitrogen and oxygen atoms in total. The maximum atomic E-state index is 11.9. The monoisotopic (exact) mass is 373 g/mol. The number of hydrogen-bond acceptors (Lipinski definition) is 5. The molecule has 1 heterocycles. The van der Waals surface area contributed by atoms with Gasteiger partial charge in [-0.25, -0.2) is 0 Å². The molecule has 0 bridgehead atoms. The van der Waals surface area contributed by atoms with E-state index in [1.165, 1.54) is 7.11 Å². The number of H-pyrrole nitrogens is 1. The molecule has 0 saturated heterocycles. The van der Waals surface area contributed by atoms with E-state index in [2.05, 4.69) is 20.9 Å². The van der Waals surface area contributed by atoms with Gasteiger partial charge in [-0.2, -0.15) is 10.5 Å². The zero-order valence-electron chi connectivity index (χ0n) is 12.4. The number of pyridine rings is 1. The molecule has 1 N–H and O–H groups in total. The van der Waals surface area contributed by atoms with Gasteiger partial charge in [-0.05, 0) is 46.6 Å². The van der Waals surface area contributed by atoms with Crippen LogP contribution in [0.1, 0.15) is 11.3 Å². The van der Waals surface area contributed by atoms with Crippen LogP contribution in [0.5, 0.6) is 11.5 Å². The van der Waals surface area contributed by atoms with Crippen LogP contribution in [0.15, 0.2) is 27.5 Å². The van der Waals surface area contributed by atoms with Gasteiger partial charge < -0.3 is 14.5 Å². The van der Waals surface area contributed by atoms with Crippen molar-refractivity contribution in [1.29, 1.82) is 10.5 Å². The van der Waals surface area contributed by atoms with Crippen LogP contribution in [0.4, 0.5) is 0 Å². The number of nitriles is 2. The van der Waals surface area contributed by atoms with Crippen LogP contribution in [0.3, 0.4) is 0 Å². The second-order valence-electron chi connectivity index (χ2n) is 4.62. The topological polar surface area (TPSA) is 98.9 Å². The second kappa shape index (κ2) is 6.99. The molecule has 0 atom stereocenters. The summed E-state index contributed by atoms with van der Waals surface area (Å²) < 4.78 is 11.2. The number of ether oxygens (including phenoxy) is 2. The molecule has 0 fully saturated rings. The number of nitrogens with zero attached hydrogens (tertiary/aromatic N) is 2. The van der Waals surface area contributed by atoms with E-state index in [0.29, 0.717) is 32.8 Å². The normalized spacial score (nSPS) is 9.78. The Balaban J connectivity index is 2.68. The molecular weight excluding hydrogens is 362 g/mol. The first-order chi connectivity index (χ1) is 11.0. The highest BCUT2D eigenvalue weighted by molar-refractivity contribution is 9.10. The minimum absolute atomic E-state index is 0.0234. The fourth-order valence-corrected chi connectivity index (χ4v) is 2.70. The van der Waals surface area contributed by atoms with Gasteiger partial charge in [-0.15, -0.1) is 0 Å². The third kappa shape index (κ3) is 3.36. The van der Waals surface area contributed by atoms with Crippen LogP contribution < -0.4 is 15.0 Å². The summed E-state index contributed by atoms with van der Waals surface area (Å²) in [5, 5.41) is 17.9. The molecular formula is C16H12BrN3O3. The number of benzene rings is 1. The highest BCUT2D eigenvalue weighted by Gasteiger charge is 2.16. The zero-order valence-corrected chi connectivity index (χ0v) is 14.0. The number of methoxy groups -OCH3 is 1. The lowest BCUT2D eigenvalue weighted by molar-refractivity contribution is 0.328. The van der Waals surface area contributed by atoms with E-state index in [9.17, 15) is 10.1 Å². The molecule has 0 amide bonds. The summed E-state index contributed by atoms with van der Waals surface area (Å²) in [6, 6.07) is 8.90. The largest absolute Gasteiger partial charge is 0.493 e. The number of rotatable bonds is 4. The van der Waals surface area contributed by atoms with Gasteiger partial charge in [0.2, 0.25) is 0 Å². The summed E-state index contributed by atoms with van der Waals surface area (Å²) in [4.78, 5) is 14.5. The van der Waals surface area contributed by atoms with Gasteiger partial charge in [-0.1, -0.05) is 0 Å². The van der Waals surface area contributed by atoms with Crippen LogP contribution in [0.25, 0.3) is 11.1 Å². The minimum Gasteiger partial charge on any atom is -0.493 e. The first-order valence-electron chi connectivity index (χ1n) is 6.53. The molecule has 0 aliphatic heterocycles. The Morgan fingerprint density at radius 1 is 1.30 bits per heavy atom. The highest BCUT2D eigenvalue weighted by Crippen LogP contribution is 2.40. The zero-order chi connectivity index (χ0) is 17.0. The average Bonchev–Trinajstić information content (AvgIpc) is 2.52. The first kappa shape index (κ1) is 16.6. The lowest BCUT2D eigenvalue weighted by atomic mass is 10.0.